The molecule has 0 aromatic heterocycles. The van der Waals surface area contributed by atoms with Gasteiger partial charge in [0.15, 0.2) is 0 Å². The number of alkyl halides is 3. The van der Waals surface area contributed by atoms with Crippen LogP contribution in [0.3, 0.4) is 0 Å². The number of hydrogen-bond donors (Lipinski definition) is 1. The zero-order valence-electron chi connectivity index (χ0n) is 12.1. The molecular weight excluding hydrogens is 283 g/mol. The average molecular weight is 303 g/mol. The predicted octanol–water partition coefficient (Wildman–Crippen LogP) is 3.80. The minimum absolute atomic E-state index is 0.0268. The maximum absolute atomic E-state index is 12.3. The lowest BCUT2D eigenvalue weighted by molar-refractivity contribution is -0.274. The van der Waals surface area contributed by atoms with E-state index in [0.717, 1.165) is 18.4 Å². The van der Waals surface area contributed by atoms with Gasteiger partial charge >= 0.3 is 6.36 Å². The number of benzene rings is 1. The molecule has 6 heteroatoms. The van der Waals surface area contributed by atoms with Crippen LogP contribution in [0.5, 0.6) is 5.75 Å². The first-order chi connectivity index (χ1) is 9.89. The fourth-order valence-electron chi connectivity index (χ4n) is 2.67. The summed E-state index contributed by atoms with van der Waals surface area (Å²) in [6.07, 6.45) is -2.66. The summed E-state index contributed by atoms with van der Waals surface area (Å²) in [7, 11) is 0. The minimum Gasteiger partial charge on any atom is -0.406 e. The molecule has 3 nitrogen and oxygen atoms in total. The van der Waals surface area contributed by atoms with Crippen molar-refractivity contribution in [3.63, 3.8) is 0 Å². The van der Waals surface area contributed by atoms with Crippen LogP contribution in [-0.2, 0) is 4.74 Å². The second-order valence-electron chi connectivity index (χ2n) is 5.22. The van der Waals surface area contributed by atoms with E-state index < -0.39 is 6.36 Å². The van der Waals surface area contributed by atoms with E-state index in [1.54, 1.807) is 12.1 Å². The fourth-order valence-corrected chi connectivity index (χ4v) is 2.67. The highest BCUT2D eigenvalue weighted by Gasteiger charge is 2.33. The largest absolute Gasteiger partial charge is 0.573 e. The van der Waals surface area contributed by atoms with Gasteiger partial charge in [-0.2, -0.15) is 0 Å². The van der Waals surface area contributed by atoms with Gasteiger partial charge in [-0.05, 0) is 44.0 Å². The lowest BCUT2D eigenvalue weighted by Crippen LogP contribution is -2.32. The second kappa shape index (κ2) is 6.66. The van der Waals surface area contributed by atoms with E-state index in [1.165, 1.54) is 12.1 Å². The zero-order valence-corrected chi connectivity index (χ0v) is 12.1. The molecule has 1 aromatic rings. The summed E-state index contributed by atoms with van der Waals surface area (Å²) in [6, 6.07) is 5.96. The maximum Gasteiger partial charge on any atom is 0.573 e. The van der Waals surface area contributed by atoms with Crippen molar-refractivity contribution in [3.05, 3.63) is 29.8 Å². The summed E-state index contributed by atoms with van der Waals surface area (Å²) in [5.74, 6) is -0.200. The molecule has 3 unspecified atom stereocenters. The molecule has 0 spiro atoms. The average Bonchev–Trinajstić information content (AvgIpc) is 2.80. The Balaban J connectivity index is 2.18. The number of hydrogen-bond acceptors (Lipinski definition) is 3. The Kier molecular flexibility index (Phi) is 5.11. The van der Waals surface area contributed by atoms with Gasteiger partial charge in [0.2, 0.25) is 0 Å². The number of rotatable bonds is 5. The van der Waals surface area contributed by atoms with Gasteiger partial charge in [-0.1, -0.05) is 19.1 Å². The van der Waals surface area contributed by atoms with Crippen molar-refractivity contribution in [2.24, 2.45) is 0 Å². The van der Waals surface area contributed by atoms with E-state index in [1.807, 2.05) is 13.8 Å². The van der Waals surface area contributed by atoms with Gasteiger partial charge in [0.1, 0.15) is 5.75 Å². The molecule has 1 fully saturated rings. The molecule has 21 heavy (non-hydrogen) atoms. The van der Waals surface area contributed by atoms with Crippen LogP contribution in [0.2, 0.25) is 0 Å². The van der Waals surface area contributed by atoms with Crippen molar-refractivity contribution < 1.29 is 22.6 Å². The van der Waals surface area contributed by atoms with Crippen molar-refractivity contribution in [2.45, 2.75) is 51.3 Å². The quantitative estimate of drug-likeness (QED) is 0.897. The molecule has 118 valence electrons. The van der Waals surface area contributed by atoms with Crippen LogP contribution < -0.4 is 10.1 Å². The molecule has 1 saturated heterocycles. The highest BCUT2D eigenvalue weighted by atomic mass is 19.4. The Bertz CT molecular complexity index is 464. The van der Waals surface area contributed by atoms with Gasteiger partial charge in [0.05, 0.1) is 18.2 Å². The SMILES string of the molecule is CCNC(c1cccc(OC(F)(F)F)c1)C1CCC(C)O1. The van der Waals surface area contributed by atoms with E-state index in [2.05, 4.69) is 10.1 Å². The number of nitrogens with one attached hydrogen (secondary N) is 1. The summed E-state index contributed by atoms with van der Waals surface area (Å²) < 4.78 is 46.8. The Hall–Kier alpha value is -1.27. The van der Waals surface area contributed by atoms with Gasteiger partial charge in [-0.25, -0.2) is 0 Å². The molecule has 0 radical (unpaired) electrons. The van der Waals surface area contributed by atoms with Crippen molar-refractivity contribution in [1.29, 1.82) is 0 Å². The predicted molar refractivity (Wildman–Crippen MR) is 73.1 cm³/mol. The van der Waals surface area contributed by atoms with Crippen LogP contribution in [0, 0.1) is 0 Å². The first-order valence-corrected chi connectivity index (χ1v) is 7.13. The molecule has 1 heterocycles. The lowest BCUT2D eigenvalue weighted by atomic mass is 9.99. The molecule has 1 aliphatic rings. The highest BCUT2D eigenvalue weighted by molar-refractivity contribution is 5.31. The summed E-state index contributed by atoms with van der Waals surface area (Å²) in [4.78, 5) is 0. The van der Waals surface area contributed by atoms with E-state index >= 15 is 0 Å². The molecule has 0 aliphatic carbocycles. The first-order valence-electron chi connectivity index (χ1n) is 7.13. The Morgan fingerprint density at radius 3 is 2.71 bits per heavy atom. The second-order valence-corrected chi connectivity index (χ2v) is 5.22. The molecular formula is C15H20F3NO2. The fraction of sp³-hybridized carbons (Fsp3) is 0.600. The Labute approximate surface area is 122 Å². The van der Waals surface area contributed by atoms with Crippen molar-refractivity contribution >= 4 is 0 Å². The van der Waals surface area contributed by atoms with Gasteiger partial charge in [0, 0.05) is 0 Å². The van der Waals surface area contributed by atoms with Crippen LogP contribution in [0.25, 0.3) is 0 Å². The zero-order chi connectivity index (χ0) is 15.5. The molecule has 2 rings (SSSR count). The molecule has 1 aliphatic heterocycles. The third kappa shape index (κ3) is 4.61. The van der Waals surface area contributed by atoms with Crippen LogP contribution in [0.4, 0.5) is 13.2 Å². The summed E-state index contributed by atoms with van der Waals surface area (Å²) in [6.45, 7) is 4.68. The summed E-state index contributed by atoms with van der Waals surface area (Å²) >= 11 is 0. The van der Waals surface area contributed by atoms with E-state index in [9.17, 15) is 13.2 Å². The number of halogens is 3. The van der Waals surface area contributed by atoms with Gasteiger partial charge < -0.3 is 14.8 Å². The molecule has 1 N–H and O–H groups in total. The van der Waals surface area contributed by atoms with Crippen LogP contribution in [0.15, 0.2) is 24.3 Å². The van der Waals surface area contributed by atoms with Crippen LogP contribution in [-0.4, -0.2) is 25.1 Å². The monoisotopic (exact) mass is 303 g/mol. The lowest BCUT2D eigenvalue weighted by Gasteiger charge is -2.25. The minimum atomic E-state index is -4.68. The van der Waals surface area contributed by atoms with Gasteiger partial charge in [-0.3, -0.25) is 0 Å². The molecule has 0 bridgehead atoms. The Morgan fingerprint density at radius 2 is 2.14 bits per heavy atom. The Morgan fingerprint density at radius 1 is 1.38 bits per heavy atom. The molecule has 0 saturated carbocycles. The van der Waals surface area contributed by atoms with Crippen molar-refractivity contribution in [1.82, 2.24) is 5.32 Å². The molecule has 0 amide bonds. The maximum atomic E-state index is 12.3. The molecule has 3 atom stereocenters. The topological polar surface area (TPSA) is 30.5 Å². The molecule has 1 aromatic carbocycles. The third-order valence-corrected chi connectivity index (χ3v) is 3.51. The first kappa shape index (κ1) is 16.1. The normalized spacial score (nSPS) is 24.0. The van der Waals surface area contributed by atoms with E-state index in [0.29, 0.717) is 6.54 Å². The van der Waals surface area contributed by atoms with E-state index in [4.69, 9.17) is 4.74 Å². The van der Waals surface area contributed by atoms with E-state index in [-0.39, 0.29) is 24.0 Å². The van der Waals surface area contributed by atoms with Crippen LogP contribution in [0.1, 0.15) is 38.3 Å². The van der Waals surface area contributed by atoms with Crippen molar-refractivity contribution in [3.8, 4) is 5.75 Å². The summed E-state index contributed by atoms with van der Waals surface area (Å²) in [5.41, 5.74) is 0.748. The van der Waals surface area contributed by atoms with Crippen LogP contribution >= 0.6 is 0 Å². The van der Waals surface area contributed by atoms with Crippen molar-refractivity contribution in [2.75, 3.05) is 6.54 Å². The summed E-state index contributed by atoms with van der Waals surface area (Å²) in [5, 5.41) is 3.29. The van der Waals surface area contributed by atoms with Gasteiger partial charge in [-0.15, -0.1) is 13.2 Å². The highest BCUT2D eigenvalue weighted by Crippen LogP contribution is 2.32. The number of likely N-dealkylation sites (N-methyl/N-ethyl adjacent to an activating group) is 1. The standard InChI is InChI=1S/C15H20F3NO2/c1-3-19-14(13-8-7-10(2)20-13)11-5-4-6-12(9-11)21-15(16,17)18/h4-6,9-10,13-14,19H,3,7-8H2,1-2H3. The number of ether oxygens (including phenoxy) is 2. The third-order valence-electron chi connectivity index (χ3n) is 3.51. The smallest absolute Gasteiger partial charge is 0.406 e. The van der Waals surface area contributed by atoms with Gasteiger partial charge in [0.25, 0.3) is 0 Å².